The van der Waals surface area contributed by atoms with Crippen LogP contribution in [0.3, 0.4) is 0 Å². The highest BCUT2D eigenvalue weighted by atomic mass is 32.2. The second-order valence-corrected chi connectivity index (χ2v) is 19.4. The summed E-state index contributed by atoms with van der Waals surface area (Å²) in [5.41, 5.74) is 3.76. The number of nitrogens with zero attached hydrogens (tertiary/aromatic N) is 2. The molecular weight excluding hydrogens is 857 g/mol. The van der Waals surface area contributed by atoms with Crippen molar-refractivity contribution < 1.29 is 45.9 Å². The summed E-state index contributed by atoms with van der Waals surface area (Å²) in [5.74, 6) is -0.579. The van der Waals surface area contributed by atoms with E-state index in [2.05, 4.69) is 18.8 Å². The van der Waals surface area contributed by atoms with E-state index in [4.69, 9.17) is 27.9 Å². The van der Waals surface area contributed by atoms with Gasteiger partial charge in [-0.1, -0.05) is 108 Å². The SMILES string of the molecule is COc1ccc(C(S[C@@H]2[C@H](OC(C)=O)[C@@H](COC(C)=O)O[C@H]2n2ccc(OS(=O)(=O)c3c(C(C)C)cc(C(C)C)cc3C(C)C)nc2=O)(c2ccccc2)c2ccc(OC)cc2)cc1. The highest BCUT2D eigenvalue weighted by molar-refractivity contribution is 8.01. The Morgan fingerprint density at radius 1 is 0.766 bits per heavy atom. The molecule has 5 aromatic rings. The minimum atomic E-state index is -4.51. The first-order valence-electron chi connectivity index (χ1n) is 21.1. The first-order valence-corrected chi connectivity index (χ1v) is 23.4. The van der Waals surface area contributed by atoms with E-state index in [9.17, 15) is 22.8 Å². The number of rotatable bonds is 17. The van der Waals surface area contributed by atoms with E-state index in [1.54, 1.807) is 14.2 Å². The van der Waals surface area contributed by atoms with E-state index in [0.717, 1.165) is 22.3 Å². The summed E-state index contributed by atoms with van der Waals surface area (Å²) in [6, 6.07) is 29.9. The lowest BCUT2D eigenvalue weighted by atomic mass is 9.84. The molecule has 1 aromatic heterocycles. The first-order chi connectivity index (χ1) is 30.4. The molecule has 1 fully saturated rings. The molecule has 6 rings (SSSR count). The van der Waals surface area contributed by atoms with Gasteiger partial charge in [-0.25, -0.2) is 4.79 Å². The van der Waals surface area contributed by atoms with Gasteiger partial charge in [-0.05, 0) is 75.4 Å². The van der Waals surface area contributed by atoms with E-state index < -0.39 is 62.1 Å². The van der Waals surface area contributed by atoms with Crippen LogP contribution in [-0.4, -0.2) is 68.2 Å². The molecule has 0 amide bonds. The molecule has 0 aliphatic carbocycles. The number of ether oxygens (including phenoxy) is 5. The van der Waals surface area contributed by atoms with Crippen molar-refractivity contribution in [3.05, 3.63) is 147 Å². The highest BCUT2D eigenvalue weighted by Gasteiger charge is 2.53. The van der Waals surface area contributed by atoms with Crippen molar-refractivity contribution in [1.82, 2.24) is 9.55 Å². The van der Waals surface area contributed by atoms with Gasteiger partial charge in [0.15, 0.2) is 6.23 Å². The van der Waals surface area contributed by atoms with Crippen LogP contribution >= 0.6 is 11.8 Å². The predicted octanol–water partition coefficient (Wildman–Crippen LogP) is 8.88. The molecule has 0 spiro atoms. The van der Waals surface area contributed by atoms with Crippen molar-refractivity contribution in [2.75, 3.05) is 20.8 Å². The normalized spacial score (nSPS) is 17.7. The second-order valence-electron chi connectivity index (χ2n) is 16.5. The van der Waals surface area contributed by atoms with Gasteiger partial charge in [0.2, 0.25) is 5.88 Å². The van der Waals surface area contributed by atoms with Crippen molar-refractivity contribution in [2.24, 2.45) is 0 Å². The maximum Gasteiger partial charge on any atom is 0.353 e. The molecule has 2 heterocycles. The minimum Gasteiger partial charge on any atom is -0.497 e. The van der Waals surface area contributed by atoms with Crippen LogP contribution in [-0.2, 0) is 38.7 Å². The van der Waals surface area contributed by atoms with Gasteiger partial charge in [0, 0.05) is 26.1 Å². The highest BCUT2D eigenvalue weighted by Crippen LogP contribution is 2.55. The van der Waals surface area contributed by atoms with Gasteiger partial charge in [-0.15, -0.1) is 11.8 Å². The maximum atomic E-state index is 14.4. The third kappa shape index (κ3) is 10.2. The van der Waals surface area contributed by atoms with Gasteiger partial charge in [-0.2, -0.15) is 13.4 Å². The molecule has 1 aliphatic heterocycles. The van der Waals surface area contributed by atoms with Gasteiger partial charge in [0.05, 0.1) is 24.2 Å². The Labute approximate surface area is 379 Å². The summed E-state index contributed by atoms with van der Waals surface area (Å²) < 4.78 is 63.6. The Bertz CT molecular complexity index is 2520. The zero-order valence-corrected chi connectivity index (χ0v) is 39.4. The number of thioether (sulfide) groups is 1. The number of esters is 2. The summed E-state index contributed by atoms with van der Waals surface area (Å²) in [5, 5.41) is -0.912. The molecule has 0 radical (unpaired) electrons. The number of benzene rings is 4. The Hall–Kier alpha value is -5.64. The van der Waals surface area contributed by atoms with E-state index in [-0.39, 0.29) is 29.3 Å². The van der Waals surface area contributed by atoms with E-state index in [1.165, 1.54) is 42.4 Å². The molecule has 4 aromatic carbocycles. The summed E-state index contributed by atoms with van der Waals surface area (Å²) in [4.78, 5) is 43.7. The number of methoxy groups -OCH3 is 2. The standard InChI is InChI=1S/C49H56N2O11S2/c1-29(2)34-26-40(30(3)4)46(41(27-34)31(5)6)64(55,56)62-43-24-25-51(48(54)50-43)47-45(44(60-33(8)53)42(61-47)28-59-32(7)52)63-49(35-14-12-11-13-15-35,36-16-20-38(57-9)21-17-36)37-18-22-39(58-10)23-19-37/h11-27,29-31,42,44-45,47H,28H2,1-10H3/t42-,44-,45-,47-/m1/s1. The van der Waals surface area contributed by atoms with Crippen LogP contribution < -0.4 is 19.3 Å². The van der Waals surface area contributed by atoms with Crippen LogP contribution in [0.5, 0.6) is 17.4 Å². The van der Waals surface area contributed by atoms with E-state index in [1.807, 2.05) is 119 Å². The summed E-state index contributed by atoms with van der Waals surface area (Å²) in [6.07, 6.45) is -2.01. The van der Waals surface area contributed by atoms with Crippen LogP contribution in [0, 0.1) is 0 Å². The van der Waals surface area contributed by atoms with Crippen LogP contribution in [0.15, 0.2) is 113 Å². The number of carbonyl (C=O) groups excluding carboxylic acids is 2. The van der Waals surface area contributed by atoms with Gasteiger partial charge in [0.1, 0.15) is 35.2 Å². The summed E-state index contributed by atoms with van der Waals surface area (Å²) >= 11 is 1.37. The first kappa shape index (κ1) is 47.8. The van der Waals surface area contributed by atoms with Gasteiger partial charge in [-0.3, -0.25) is 14.2 Å². The largest absolute Gasteiger partial charge is 0.497 e. The fourth-order valence-corrected chi connectivity index (χ4v) is 11.4. The van der Waals surface area contributed by atoms with Crippen LogP contribution in [0.25, 0.3) is 0 Å². The zero-order chi connectivity index (χ0) is 46.5. The van der Waals surface area contributed by atoms with Crippen molar-refractivity contribution >= 4 is 33.8 Å². The zero-order valence-electron chi connectivity index (χ0n) is 37.8. The summed E-state index contributed by atoms with van der Waals surface area (Å²) in [6.45, 7) is 14.0. The van der Waals surface area contributed by atoms with Crippen LogP contribution in [0.1, 0.15) is 113 Å². The van der Waals surface area contributed by atoms with E-state index in [0.29, 0.717) is 22.6 Å². The average Bonchev–Trinajstić information content (AvgIpc) is 3.59. The lowest BCUT2D eigenvalue weighted by molar-refractivity contribution is -0.155. The fourth-order valence-electron chi connectivity index (χ4n) is 7.93. The summed E-state index contributed by atoms with van der Waals surface area (Å²) in [7, 11) is -1.35. The monoisotopic (exact) mass is 912 g/mol. The molecule has 4 atom stereocenters. The van der Waals surface area contributed by atoms with Crippen molar-refractivity contribution in [3.63, 3.8) is 0 Å². The predicted molar refractivity (Wildman–Crippen MR) is 245 cm³/mol. The third-order valence-electron chi connectivity index (χ3n) is 11.1. The molecule has 13 nitrogen and oxygen atoms in total. The number of aromatic nitrogens is 2. The maximum absolute atomic E-state index is 14.4. The molecular formula is C49H56N2O11S2. The molecule has 0 saturated carbocycles. The number of hydrogen-bond donors (Lipinski definition) is 0. The van der Waals surface area contributed by atoms with Crippen molar-refractivity contribution in [3.8, 4) is 17.4 Å². The molecule has 15 heteroatoms. The molecule has 1 saturated heterocycles. The quantitative estimate of drug-likeness (QED) is 0.0495. The number of carbonyl (C=O) groups is 2. The molecule has 0 unspecified atom stereocenters. The molecule has 340 valence electrons. The molecule has 0 N–H and O–H groups in total. The van der Waals surface area contributed by atoms with Gasteiger partial charge < -0.3 is 27.9 Å². The molecule has 64 heavy (non-hydrogen) atoms. The Kier molecular flexibility index (Phi) is 15.0. The average molecular weight is 913 g/mol. The van der Waals surface area contributed by atoms with Crippen LogP contribution in [0.2, 0.25) is 0 Å². The van der Waals surface area contributed by atoms with E-state index >= 15 is 0 Å². The van der Waals surface area contributed by atoms with Crippen molar-refractivity contribution in [1.29, 1.82) is 0 Å². The minimum absolute atomic E-state index is 0.0512. The second kappa shape index (κ2) is 20.0. The molecule has 1 aliphatic rings. The molecule has 0 bridgehead atoms. The Balaban J connectivity index is 1.52. The Morgan fingerprint density at radius 3 is 1.75 bits per heavy atom. The van der Waals surface area contributed by atoms with Gasteiger partial charge >= 0.3 is 27.7 Å². The third-order valence-corrected chi connectivity index (χ3v) is 14.3. The topological polar surface area (TPSA) is 159 Å². The van der Waals surface area contributed by atoms with Gasteiger partial charge in [0.25, 0.3) is 0 Å². The Morgan fingerprint density at radius 2 is 1.30 bits per heavy atom. The lowest BCUT2D eigenvalue weighted by Crippen LogP contribution is -2.41. The lowest BCUT2D eigenvalue weighted by Gasteiger charge is -2.39. The number of hydrogen-bond acceptors (Lipinski definition) is 13. The fraction of sp³-hybridized carbons (Fsp3) is 0.388. The smallest absolute Gasteiger partial charge is 0.353 e. The van der Waals surface area contributed by atoms with Crippen molar-refractivity contribution in [2.45, 2.75) is 106 Å². The van der Waals surface area contributed by atoms with Crippen LogP contribution in [0.4, 0.5) is 0 Å².